The fraction of sp³-hybridized carbons (Fsp3) is 0.370. The maximum absolute atomic E-state index is 14.2. The molecule has 0 unspecified atom stereocenters. The molecule has 2 aromatic carbocycles. The van der Waals surface area contributed by atoms with Gasteiger partial charge in [0.05, 0.1) is 23.8 Å². The van der Waals surface area contributed by atoms with Gasteiger partial charge in [0, 0.05) is 45.5 Å². The Morgan fingerprint density at radius 1 is 1.03 bits per heavy atom. The van der Waals surface area contributed by atoms with Crippen molar-refractivity contribution in [3.8, 4) is 0 Å². The van der Waals surface area contributed by atoms with E-state index in [0.29, 0.717) is 50.4 Å². The SMILES string of the molecule is CCOC(=O)C1=C(CN2CCCN(C(=O)c3ccccc3F)CC2)N(C)C(=O)N[C@@H]1c1ccccc1. The summed E-state index contributed by atoms with van der Waals surface area (Å²) in [5, 5.41) is 2.92. The second kappa shape index (κ2) is 11.3. The van der Waals surface area contributed by atoms with Crippen molar-refractivity contribution >= 4 is 17.9 Å². The molecule has 0 bridgehead atoms. The quantitative estimate of drug-likeness (QED) is 0.624. The van der Waals surface area contributed by atoms with E-state index in [2.05, 4.69) is 10.2 Å². The molecule has 0 radical (unpaired) electrons. The van der Waals surface area contributed by atoms with Gasteiger partial charge in [0.15, 0.2) is 0 Å². The number of carbonyl (C=O) groups is 3. The van der Waals surface area contributed by atoms with Gasteiger partial charge in [-0.3, -0.25) is 14.6 Å². The number of halogens is 1. The number of amides is 3. The zero-order chi connectivity index (χ0) is 25.7. The summed E-state index contributed by atoms with van der Waals surface area (Å²) in [4.78, 5) is 44.1. The molecule has 1 saturated heterocycles. The molecule has 0 saturated carbocycles. The highest BCUT2D eigenvalue weighted by Gasteiger charge is 2.37. The molecule has 0 aliphatic carbocycles. The Bertz CT molecular complexity index is 1150. The third kappa shape index (κ3) is 5.41. The topological polar surface area (TPSA) is 82.2 Å². The first kappa shape index (κ1) is 25.4. The van der Waals surface area contributed by atoms with Crippen molar-refractivity contribution in [1.29, 1.82) is 0 Å². The van der Waals surface area contributed by atoms with Crippen LogP contribution in [0.3, 0.4) is 0 Å². The van der Waals surface area contributed by atoms with Crippen LogP contribution in [0.5, 0.6) is 0 Å². The van der Waals surface area contributed by atoms with Gasteiger partial charge >= 0.3 is 12.0 Å². The van der Waals surface area contributed by atoms with Crippen molar-refractivity contribution in [2.24, 2.45) is 0 Å². The molecule has 2 aromatic rings. The standard InChI is InChI=1S/C27H31FN4O4/c1-3-36-26(34)23-22(30(2)27(35)29-24(23)19-10-5-4-6-11-19)18-31-14-9-15-32(17-16-31)25(33)20-12-7-8-13-21(20)28/h4-8,10-13,24H,3,9,14-18H2,1-2H3,(H,29,35)/t24-/m1/s1. The highest BCUT2D eigenvalue weighted by Crippen LogP contribution is 2.31. The van der Waals surface area contributed by atoms with Gasteiger partial charge in [-0.1, -0.05) is 42.5 Å². The van der Waals surface area contributed by atoms with Crippen molar-refractivity contribution < 1.29 is 23.5 Å². The van der Waals surface area contributed by atoms with Crippen molar-refractivity contribution in [3.63, 3.8) is 0 Å². The lowest BCUT2D eigenvalue weighted by atomic mass is 9.94. The summed E-state index contributed by atoms with van der Waals surface area (Å²) in [5.74, 6) is -1.34. The molecule has 2 heterocycles. The van der Waals surface area contributed by atoms with E-state index < -0.39 is 17.8 Å². The monoisotopic (exact) mass is 494 g/mol. The molecule has 190 valence electrons. The molecule has 1 atom stereocenters. The Labute approximate surface area is 210 Å². The van der Waals surface area contributed by atoms with Crippen LogP contribution in [0.1, 0.15) is 35.3 Å². The lowest BCUT2D eigenvalue weighted by Crippen LogP contribution is -2.49. The number of urea groups is 1. The van der Waals surface area contributed by atoms with Crippen molar-refractivity contribution in [2.45, 2.75) is 19.4 Å². The van der Waals surface area contributed by atoms with Gasteiger partial charge in [0.1, 0.15) is 5.82 Å². The first-order chi connectivity index (χ1) is 17.4. The number of hydrogen-bond donors (Lipinski definition) is 1. The Morgan fingerprint density at radius 3 is 2.47 bits per heavy atom. The van der Waals surface area contributed by atoms with Gasteiger partial charge < -0.3 is 15.0 Å². The molecular formula is C27H31FN4O4. The number of ether oxygens (including phenoxy) is 1. The summed E-state index contributed by atoms with van der Waals surface area (Å²) in [5.41, 5.74) is 1.82. The zero-order valence-corrected chi connectivity index (χ0v) is 20.6. The van der Waals surface area contributed by atoms with Gasteiger partial charge in [-0.25, -0.2) is 14.0 Å². The van der Waals surface area contributed by atoms with Crippen molar-refractivity contribution in [2.75, 3.05) is 46.4 Å². The smallest absolute Gasteiger partial charge is 0.338 e. The third-order valence-electron chi connectivity index (χ3n) is 6.56. The zero-order valence-electron chi connectivity index (χ0n) is 20.6. The molecule has 4 rings (SSSR count). The Balaban J connectivity index is 1.58. The fourth-order valence-electron chi connectivity index (χ4n) is 4.64. The molecule has 3 amide bonds. The predicted molar refractivity (Wildman–Crippen MR) is 132 cm³/mol. The van der Waals surface area contributed by atoms with E-state index in [1.54, 1.807) is 31.0 Å². The molecule has 2 aliphatic heterocycles. The van der Waals surface area contributed by atoms with Crippen LogP contribution < -0.4 is 5.32 Å². The minimum atomic E-state index is -0.630. The Kier molecular flexibility index (Phi) is 8.00. The molecular weight excluding hydrogens is 463 g/mol. The number of esters is 1. The number of nitrogens with zero attached hydrogens (tertiary/aromatic N) is 3. The fourth-order valence-corrected chi connectivity index (χ4v) is 4.64. The molecule has 0 spiro atoms. The Hall–Kier alpha value is -3.72. The summed E-state index contributed by atoms with van der Waals surface area (Å²) < 4.78 is 19.6. The maximum atomic E-state index is 14.2. The maximum Gasteiger partial charge on any atom is 0.338 e. The summed E-state index contributed by atoms with van der Waals surface area (Å²) in [6.45, 7) is 4.38. The van der Waals surface area contributed by atoms with E-state index in [4.69, 9.17) is 4.74 Å². The third-order valence-corrected chi connectivity index (χ3v) is 6.56. The van der Waals surface area contributed by atoms with Gasteiger partial charge in [-0.2, -0.15) is 0 Å². The first-order valence-electron chi connectivity index (χ1n) is 12.2. The molecule has 0 aromatic heterocycles. The normalized spacial score (nSPS) is 19.1. The van der Waals surface area contributed by atoms with Crippen LogP contribution >= 0.6 is 0 Å². The van der Waals surface area contributed by atoms with Crippen LogP contribution in [-0.2, 0) is 9.53 Å². The lowest BCUT2D eigenvalue weighted by Gasteiger charge is -2.36. The average molecular weight is 495 g/mol. The van der Waals surface area contributed by atoms with E-state index in [9.17, 15) is 18.8 Å². The van der Waals surface area contributed by atoms with Gasteiger partial charge in [-0.05, 0) is 31.0 Å². The molecule has 1 N–H and O–H groups in total. The number of hydrogen-bond acceptors (Lipinski definition) is 5. The molecule has 9 heteroatoms. The predicted octanol–water partition coefficient (Wildman–Crippen LogP) is 3.19. The summed E-state index contributed by atoms with van der Waals surface area (Å²) in [7, 11) is 1.64. The van der Waals surface area contributed by atoms with Crippen molar-refractivity contribution in [3.05, 3.63) is 82.8 Å². The number of likely N-dealkylation sites (N-methyl/N-ethyl adjacent to an activating group) is 1. The number of benzene rings is 2. The largest absolute Gasteiger partial charge is 0.463 e. The van der Waals surface area contributed by atoms with Crippen LogP contribution in [0.2, 0.25) is 0 Å². The van der Waals surface area contributed by atoms with Gasteiger partial charge in [0.25, 0.3) is 5.91 Å². The highest BCUT2D eigenvalue weighted by atomic mass is 19.1. The summed E-state index contributed by atoms with van der Waals surface area (Å²) >= 11 is 0. The van der Waals surface area contributed by atoms with Gasteiger partial charge in [0.2, 0.25) is 0 Å². The van der Waals surface area contributed by atoms with Crippen LogP contribution in [0, 0.1) is 5.82 Å². The minimum Gasteiger partial charge on any atom is -0.463 e. The lowest BCUT2D eigenvalue weighted by molar-refractivity contribution is -0.139. The van der Waals surface area contributed by atoms with Crippen LogP contribution in [0.25, 0.3) is 0 Å². The van der Waals surface area contributed by atoms with E-state index in [1.807, 2.05) is 30.3 Å². The average Bonchev–Trinajstić information content (AvgIpc) is 3.13. The van der Waals surface area contributed by atoms with Crippen LogP contribution in [0.4, 0.5) is 9.18 Å². The first-order valence-corrected chi connectivity index (χ1v) is 12.2. The summed E-state index contributed by atoms with van der Waals surface area (Å²) in [6.07, 6.45) is 0.681. The van der Waals surface area contributed by atoms with E-state index in [1.165, 1.54) is 17.0 Å². The number of rotatable bonds is 6. The Morgan fingerprint density at radius 2 is 1.75 bits per heavy atom. The number of carbonyl (C=O) groups excluding carboxylic acids is 3. The molecule has 1 fully saturated rings. The van der Waals surface area contributed by atoms with E-state index >= 15 is 0 Å². The highest BCUT2D eigenvalue weighted by molar-refractivity contribution is 5.95. The number of nitrogens with one attached hydrogen (secondary N) is 1. The van der Waals surface area contributed by atoms with E-state index in [-0.39, 0.29) is 24.1 Å². The van der Waals surface area contributed by atoms with Gasteiger partial charge in [-0.15, -0.1) is 0 Å². The molecule has 8 nitrogen and oxygen atoms in total. The van der Waals surface area contributed by atoms with Crippen LogP contribution in [-0.4, -0.2) is 79.0 Å². The second-order valence-electron chi connectivity index (χ2n) is 8.83. The van der Waals surface area contributed by atoms with E-state index in [0.717, 1.165) is 5.56 Å². The molecule has 36 heavy (non-hydrogen) atoms. The molecule has 2 aliphatic rings. The van der Waals surface area contributed by atoms with Crippen LogP contribution in [0.15, 0.2) is 65.9 Å². The summed E-state index contributed by atoms with van der Waals surface area (Å²) in [6, 6.07) is 14.4. The second-order valence-corrected chi connectivity index (χ2v) is 8.83. The minimum absolute atomic E-state index is 0.0626. The van der Waals surface area contributed by atoms with Crippen molar-refractivity contribution in [1.82, 2.24) is 20.0 Å².